The predicted molar refractivity (Wildman–Crippen MR) is 153 cm³/mol. The van der Waals surface area contributed by atoms with Gasteiger partial charge < -0.3 is 25.2 Å². The number of benzene rings is 2. The topological polar surface area (TPSA) is 136 Å². The Kier molecular flexibility index (Phi) is 12.0. The molecular formula is C26H27Cl3F3N5O5. The Morgan fingerprint density at radius 3 is 2.17 bits per heavy atom. The first-order valence-corrected chi connectivity index (χ1v) is 13.2. The maximum atomic E-state index is 12.7. The number of alkyl halides is 3. The van der Waals surface area contributed by atoms with Crippen LogP contribution in [0.15, 0.2) is 36.4 Å². The maximum Gasteiger partial charge on any atom is 0.416 e. The van der Waals surface area contributed by atoms with Gasteiger partial charge in [0.05, 0.1) is 21.2 Å². The Morgan fingerprint density at radius 2 is 1.62 bits per heavy atom. The van der Waals surface area contributed by atoms with Gasteiger partial charge in [-0.15, -0.1) is 0 Å². The summed E-state index contributed by atoms with van der Waals surface area (Å²) >= 11 is 17.5. The molecule has 3 N–H and O–H groups in total. The average Bonchev–Trinajstić information content (AvgIpc) is 2.84. The summed E-state index contributed by atoms with van der Waals surface area (Å²) in [6.45, 7) is 9.95. The lowest BCUT2D eigenvalue weighted by molar-refractivity contribution is -0.146. The number of carbonyl (C=O) groups excluding carboxylic acids is 1. The number of rotatable bonds is 8. The molecule has 0 aliphatic rings. The van der Waals surface area contributed by atoms with Gasteiger partial charge in [-0.25, -0.2) is 9.59 Å². The highest BCUT2D eigenvalue weighted by molar-refractivity contribution is 6.33. The van der Waals surface area contributed by atoms with Crippen molar-refractivity contribution in [1.82, 2.24) is 15.0 Å². The number of anilines is 2. The number of hydrogen-bond acceptors (Lipinski definition) is 9. The van der Waals surface area contributed by atoms with Gasteiger partial charge in [0.1, 0.15) is 11.5 Å². The Balaban J connectivity index is 0.000000347. The van der Waals surface area contributed by atoms with Crippen LogP contribution in [-0.2, 0) is 15.7 Å². The Bertz CT molecular complexity index is 1420. The zero-order chi connectivity index (χ0) is 31.8. The third-order valence-corrected chi connectivity index (χ3v) is 5.50. The van der Waals surface area contributed by atoms with Crippen LogP contribution in [0.1, 0.15) is 50.5 Å². The van der Waals surface area contributed by atoms with E-state index in [1.54, 1.807) is 0 Å². The zero-order valence-corrected chi connectivity index (χ0v) is 25.2. The number of aromatic nitrogens is 3. The quantitative estimate of drug-likeness (QED) is 0.209. The minimum Gasteiger partial charge on any atom is -0.479 e. The first-order chi connectivity index (χ1) is 19.4. The van der Waals surface area contributed by atoms with Crippen molar-refractivity contribution in [3.63, 3.8) is 0 Å². The number of carboxylic acid groups (broad SMARTS) is 1. The summed E-state index contributed by atoms with van der Waals surface area (Å²) in [4.78, 5) is 34.9. The Labute approximate surface area is 254 Å². The highest BCUT2D eigenvalue weighted by atomic mass is 35.5. The molecule has 0 saturated heterocycles. The molecule has 10 nitrogen and oxygen atoms in total. The fourth-order valence-electron chi connectivity index (χ4n) is 2.86. The van der Waals surface area contributed by atoms with Crippen LogP contribution < -0.4 is 15.4 Å². The number of carboxylic acids is 1. The van der Waals surface area contributed by atoms with Crippen molar-refractivity contribution in [2.24, 2.45) is 0 Å². The van der Waals surface area contributed by atoms with Gasteiger partial charge in [0, 0.05) is 12.1 Å². The molecular weight excluding hydrogens is 626 g/mol. The van der Waals surface area contributed by atoms with Gasteiger partial charge >= 0.3 is 18.1 Å². The number of halogens is 6. The molecule has 1 atom stereocenters. The zero-order valence-electron chi connectivity index (χ0n) is 22.9. The van der Waals surface area contributed by atoms with Crippen molar-refractivity contribution < 1.29 is 37.3 Å². The van der Waals surface area contributed by atoms with Gasteiger partial charge in [0.2, 0.25) is 17.2 Å². The van der Waals surface area contributed by atoms with Crippen LogP contribution in [0, 0.1) is 0 Å². The first-order valence-electron chi connectivity index (χ1n) is 12.1. The summed E-state index contributed by atoms with van der Waals surface area (Å²) in [6.07, 6.45) is -5.96. The lowest BCUT2D eigenvalue weighted by Crippen LogP contribution is -2.27. The van der Waals surface area contributed by atoms with E-state index in [0.29, 0.717) is 18.0 Å². The molecule has 0 fully saturated rings. The molecule has 2 aromatic carbocycles. The molecule has 0 saturated carbocycles. The van der Waals surface area contributed by atoms with E-state index < -0.39 is 29.8 Å². The van der Waals surface area contributed by atoms with Crippen LogP contribution >= 0.6 is 34.8 Å². The van der Waals surface area contributed by atoms with Gasteiger partial charge in [-0.3, -0.25) is 0 Å². The smallest absolute Gasteiger partial charge is 0.416 e. The standard InChI is InChI=1S/C17H11Cl2F3O5.C9H16ClN5/c1-8(15(23)24)26-16(25)11-7-10(3-4-12(11)18)27-14-5-2-9(6-13(14)19)17(20,21)22;1-5-11-7-12-6(10)13-8(14-7)15-9(2,3)4/h2-8H,1H3,(H,23,24);5H2,1-4H3,(H2,11,12,13,14,15)/t8-;/m0./s1. The second kappa shape index (κ2) is 14.6. The van der Waals surface area contributed by atoms with Crippen molar-refractivity contribution in [2.45, 2.75) is 52.4 Å². The van der Waals surface area contributed by atoms with E-state index in [0.717, 1.165) is 31.7 Å². The van der Waals surface area contributed by atoms with E-state index in [1.165, 1.54) is 12.1 Å². The third-order valence-electron chi connectivity index (χ3n) is 4.71. The van der Waals surface area contributed by atoms with Crippen LogP contribution in [0.25, 0.3) is 0 Å². The molecule has 0 radical (unpaired) electrons. The molecule has 0 spiro atoms. The normalized spacial score (nSPS) is 12.0. The molecule has 0 aliphatic heterocycles. The monoisotopic (exact) mass is 651 g/mol. The van der Waals surface area contributed by atoms with E-state index in [2.05, 4.69) is 25.6 Å². The van der Waals surface area contributed by atoms with Gasteiger partial charge in [0.25, 0.3) is 0 Å². The van der Waals surface area contributed by atoms with Crippen LogP contribution in [-0.4, -0.2) is 50.2 Å². The molecule has 0 bridgehead atoms. The lowest BCUT2D eigenvalue weighted by Gasteiger charge is -2.20. The number of nitrogens with one attached hydrogen (secondary N) is 2. The van der Waals surface area contributed by atoms with E-state index in [1.807, 2.05) is 27.7 Å². The molecule has 3 rings (SSSR count). The molecule has 16 heteroatoms. The number of ether oxygens (including phenoxy) is 2. The van der Waals surface area contributed by atoms with E-state index in [9.17, 15) is 22.8 Å². The number of hydrogen-bond donors (Lipinski definition) is 3. The summed E-state index contributed by atoms with van der Waals surface area (Å²) in [5, 5.41) is 14.8. The minimum atomic E-state index is -4.56. The Morgan fingerprint density at radius 1 is 0.976 bits per heavy atom. The lowest BCUT2D eigenvalue weighted by atomic mass is 10.1. The molecule has 228 valence electrons. The van der Waals surface area contributed by atoms with E-state index >= 15 is 0 Å². The Hall–Kier alpha value is -3.55. The van der Waals surface area contributed by atoms with Crippen molar-refractivity contribution in [3.05, 3.63) is 62.9 Å². The van der Waals surface area contributed by atoms with Crippen molar-refractivity contribution >= 4 is 58.6 Å². The molecule has 42 heavy (non-hydrogen) atoms. The average molecular weight is 653 g/mol. The number of carbonyl (C=O) groups is 2. The van der Waals surface area contributed by atoms with Crippen LogP contribution in [0.3, 0.4) is 0 Å². The van der Waals surface area contributed by atoms with Gasteiger partial charge in [-0.05, 0) is 82.6 Å². The van der Waals surface area contributed by atoms with Crippen LogP contribution in [0.2, 0.25) is 15.3 Å². The second-order valence-corrected chi connectivity index (χ2v) is 10.6. The van der Waals surface area contributed by atoms with Gasteiger partial charge in [-0.1, -0.05) is 23.2 Å². The summed E-state index contributed by atoms with van der Waals surface area (Å²) in [7, 11) is 0. The summed E-state index contributed by atoms with van der Waals surface area (Å²) in [5.41, 5.74) is -1.22. The van der Waals surface area contributed by atoms with Gasteiger partial charge in [-0.2, -0.15) is 28.1 Å². The number of nitrogens with zero attached hydrogens (tertiary/aromatic N) is 3. The van der Waals surface area contributed by atoms with Gasteiger partial charge in [0.15, 0.2) is 6.10 Å². The summed E-state index contributed by atoms with van der Waals surface area (Å²) < 4.78 is 48.1. The SMILES string of the molecule is CCNc1nc(Cl)nc(NC(C)(C)C)n1.C[C@H](OC(=O)c1cc(Oc2ccc(C(F)(F)F)cc2Cl)ccc1Cl)C(=O)O. The van der Waals surface area contributed by atoms with Crippen molar-refractivity contribution in [3.8, 4) is 11.5 Å². The molecule has 0 unspecified atom stereocenters. The highest BCUT2D eigenvalue weighted by Gasteiger charge is 2.31. The van der Waals surface area contributed by atoms with Crippen molar-refractivity contribution in [1.29, 1.82) is 0 Å². The molecule has 3 aromatic rings. The number of aliphatic carboxylic acids is 1. The predicted octanol–water partition coefficient (Wildman–Crippen LogP) is 7.60. The highest BCUT2D eigenvalue weighted by Crippen LogP contribution is 2.37. The van der Waals surface area contributed by atoms with E-state index in [-0.39, 0.29) is 37.9 Å². The fourth-order valence-corrected chi connectivity index (χ4v) is 3.44. The molecule has 0 aliphatic carbocycles. The van der Waals surface area contributed by atoms with E-state index in [4.69, 9.17) is 49.4 Å². The van der Waals surface area contributed by atoms with Crippen LogP contribution in [0.4, 0.5) is 25.1 Å². The molecule has 0 amide bonds. The maximum absolute atomic E-state index is 12.7. The second-order valence-electron chi connectivity index (χ2n) is 9.43. The first kappa shape index (κ1) is 34.7. The minimum absolute atomic E-state index is 0.0246. The van der Waals surface area contributed by atoms with Crippen LogP contribution in [0.5, 0.6) is 11.5 Å². The molecule has 1 aromatic heterocycles. The van der Waals surface area contributed by atoms with Crippen molar-refractivity contribution in [2.75, 3.05) is 17.2 Å². The molecule has 1 heterocycles. The summed E-state index contributed by atoms with van der Waals surface area (Å²) in [5.74, 6) is -1.41. The number of esters is 1. The third kappa shape index (κ3) is 11.0. The largest absolute Gasteiger partial charge is 0.479 e. The fraction of sp³-hybridized carbons (Fsp3) is 0.346. The summed E-state index contributed by atoms with van der Waals surface area (Å²) in [6, 6.07) is 6.33.